The summed E-state index contributed by atoms with van der Waals surface area (Å²) in [5, 5.41) is 3.77. The Morgan fingerprint density at radius 2 is 2.04 bits per heavy atom. The van der Waals surface area contributed by atoms with Crippen LogP contribution in [-0.4, -0.2) is 25.2 Å². The van der Waals surface area contributed by atoms with Gasteiger partial charge in [-0.05, 0) is 18.9 Å². The highest BCUT2D eigenvalue weighted by Gasteiger charge is 2.31. The summed E-state index contributed by atoms with van der Waals surface area (Å²) >= 11 is 0. The molecule has 2 aromatic rings. The molecular formula is C15H17N3O4S. The summed E-state index contributed by atoms with van der Waals surface area (Å²) in [6.07, 6.45) is 2.66. The Labute approximate surface area is 134 Å². The molecule has 23 heavy (non-hydrogen) atoms. The summed E-state index contributed by atoms with van der Waals surface area (Å²) in [5.41, 5.74) is 0.856. The van der Waals surface area contributed by atoms with Gasteiger partial charge in [-0.1, -0.05) is 23.4 Å². The van der Waals surface area contributed by atoms with Crippen molar-refractivity contribution in [3.05, 3.63) is 41.5 Å². The highest BCUT2D eigenvalue weighted by atomic mass is 32.2. The third kappa shape index (κ3) is 3.23. The first kappa shape index (κ1) is 14.6. The van der Waals surface area contributed by atoms with E-state index in [1.807, 2.05) is 24.3 Å². The minimum Gasteiger partial charge on any atom is -0.493 e. The Kier molecular flexibility index (Phi) is 3.57. The van der Waals surface area contributed by atoms with Gasteiger partial charge in [0.15, 0.2) is 5.82 Å². The second kappa shape index (κ2) is 5.61. The summed E-state index contributed by atoms with van der Waals surface area (Å²) in [5.74, 6) is 1.52. The highest BCUT2D eigenvalue weighted by molar-refractivity contribution is 7.88. The molecule has 7 nitrogen and oxygen atoms in total. The number of para-hydroxylation sites is 1. The predicted octanol–water partition coefficient (Wildman–Crippen LogP) is 1.89. The van der Waals surface area contributed by atoms with Crippen molar-refractivity contribution in [1.29, 1.82) is 0 Å². The van der Waals surface area contributed by atoms with Gasteiger partial charge < -0.3 is 9.26 Å². The molecule has 0 saturated heterocycles. The maximum atomic E-state index is 12.4. The number of ether oxygens (including phenoxy) is 1. The van der Waals surface area contributed by atoms with E-state index in [4.69, 9.17) is 9.26 Å². The van der Waals surface area contributed by atoms with E-state index in [1.165, 1.54) is 0 Å². The highest BCUT2D eigenvalue weighted by Crippen LogP contribution is 2.39. The van der Waals surface area contributed by atoms with E-state index in [9.17, 15) is 8.42 Å². The minimum absolute atomic E-state index is 0.208. The average Bonchev–Trinajstić information content (AvgIpc) is 3.28. The molecule has 8 heteroatoms. The topological polar surface area (TPSA) is 94.3 Å². The smallest absolute Gasteiger partial charge is 0.229 e. The Morgan fingerprint density at radius 1 is 1.22 bits per heavy atom. The number of nitrogens with one attached hydrogen (secondary N) is 1. The molecule has 1 aromatic heterocycles. The van der Waals surface area contributed by atoms with Crippen LogP contribution in [0.3, 0.4) is 0 Å². The van der Waals surface area contributed by atoms with E-state index >= 15 is 0 Å². The number of aromatic nitrogens is 2. The molecule has 1 atom stereocenters. The second-order valence-electron chi connectivity index (χ2n) is 5.93. The molecule has 1 saturated carbocycles. The second-order valence-corrected chi connectivity index (χ2v) is 7.68. The first-order chi connectivity index (χ1) is 11.1. The van der Waals surface area contributed by atoms with Crippen molar-refractivity contribution in [2.24, 2.45) is 0 Å². The van der Waals surface area contributed by atoms with Crippen LogP contribution in [0.5, 0.6) is 5.75 Å². The average molecular weight is 335 g/mol. The van der Waals surface area contributed by atoms with Crippen LogP contribution in [-0.2, 0) is 15.8 Å². The van der Waals surface area contributed by atoms with Crippen LogP contribution in [0.25, 0.3) is 0 Å². The Morgan fingerprint density at radius 3 is 2.87 bits per heavy atom. The van der Waals surface area contributed by atoms with Gasteiger partial charge in [0.25, 0.3) is 0 Å². The number of benzene rings is 1. The fraction of sp³-hybridized carbons (Fsp3) is 0.467. The molecule has 0 amide bonds. The maximum absolute atomic E-state index is 12.4. The molecule has 2 heterocycles. The first-order valence-electron chi connectivity index (χ1n) is 7.65. The lowest BCUT2D eigenvalue weighted by Crippen LogP contribution is -2.33. The van der Waals surface area contributed by atoms with Crippen LogP contribution in [0, 0.1) is 0 Å². The van der Waals surface area contributed by atoms with E-state index in [0.29, 0.717) is 24.8 Å². The molecule has 0 bridgehead atoms. The zero-order valence-electron chi connectivity index (χ0n) is 12.4. The van der Waals surface area contributed by atoms with Crippen LogP contribution in [0.4, 0.5) is 0 Å². The van der Waals surface area contributed by atoms with Crippen molar-refractivity contribution in [3.8, 4) is 5.75 Å². The third-order valence-corrected chi connectivity index (χ3v) is 5.29. The van der Waals surface area contributed by atoms with Gasteiger partial charge in [-0.15, -0.1) is 0 Å². The number of rotatable bonds is 5. The summed E-state index contributed by atoms with van der Waals surface area (Å²) in [6, 6.07) is 7.17. The molecule has 4 rings (SSSR count). The Bertz CT molecular complexity index is 814. The first-order valence-corrected chi connectivity index (χ1v) is 9.30. The normalized spacial score (nSPS) is 20.8. The van der Waals surface area contributed by atoms with Crippen molar-refractivity contribution in [2.45, 2.75) is 37.0 Å². The molecule has 0 spiro atoms. The Hall–Kier alpha value is -1.93. The molecule has 122 valence electrons. The van der Waals surface area contributed by atoms with Gasteiger partial charge in [-0.2, -0.15) is 4.98 Å². The van der Waals surface area contributed by atoms with Crippen molar-refractivity contribution in [1.82, 2.24) is 14.9 Å². The minimum atomic E-state index is -3.56. The molecule has 1 N–H and O–H groups in total. The molecular weight excluding hydrogens is 318 g/mol. The van der Waals surface area contributed by atoms with E-state index in [1.54, 1.807) is 0 Å². The fourth-order valence-corrected chi connectivity index (χ4v) is 3.93. The van der Waals surface area contributed by atoms with Crippen LogP contribution < -0.4 is 9.46 Å². The molecule has 0 radical (unpaired) electrons. The van der Waals surface area contributed by atoms with Crippen LogP contribution >= 0.6 is 0 Å². The van der Waals surface area contributed by atoms with Gasteiger partial charge >= 0.3 is 0 Å². The lowest BCUT2D eigenvalue weighted by atomic mass is 10.0. The van der Waals surface area contributed by atoms with Crippen molar-refractivity contribution >= 4 is 10.0 Å². The van der Waals surface area contributed by atoms with Gasteiger partial charge in [-0.3, -0.25) is 0 Å². The molecule has 1 aromatic carbocycles. The summed E-state index contributed by atoms with van der Waals surface area (Å²) < 4.78 is 38.2. The summed E-state index contributed by atoms with van der Waals surface area (Å²) in [7, 11) is -3.56. The summed E-state index contributed by atoms with van der Waals surface area (Å²) in [6.45, 7) is 0.484. The quantitative estimate of drug-likeness (QED) is 0.896. The molecule has 1 fully saturated rings. The number of hydrogen-bond donors (Lipinski definition) is 1. The van der Waals surface area contributed by atoms with E-state index in [2.05, 4.69) is 14.9 Å². The largest absolute Gasteiger partial charge is 0.493 e. The third-order valence-electron chi connectivity index (χ3n) is 4.01. The zero-order chi connectivity index (χ0) is 15.9. The van der Waals surface area contributed by atoms with Gasteiger partial charge in [0.05, 0.1) is 12.6 Å². The predicted molar refractivity (Wildman–Crippen MR) is 81.3 cm³/mol. The monoisotopic (exact) mass is 335 g/mol. The fourth-order valence-electron chi connectivity index (χ4n) is 2.72. The van der Waals surface area contributed by atoms with E-state index in [0.717, 1.165) is 24.2 Å². The van der Waals surface area contributed by atoms with E-state index in [-0.39, 0.29) is 17.6 Å². The SMILES string of the molecule is O=S(=O)(Cc1noc(C2CC2)n1)NC1CCOc2ccccc21. The zero-order valence-corrected chi connectivity index (χ0v) is 13.3. The molecule has 2 aliphatic rings. The lowest BCUT2D eigenvalue weighted by Gasteiger charge is -2.26. The van der Waals surface area contributed by atoms with Crippen LogP contribution in [0.2, 0.25) is 0 Å². The van der Waals surface area contributed by atoms with Gasteiger partial charge in [-0.25, -0.2) is 13.1 Å². The number of nitrogens with zero attached hydrogens (tertiary/aromatic N) is 2. The van der Waals surface area contributed by atoms with Crippen molar-refractivity contribution in [2.75, 3.05) is 6.61 Å². The summed E-state index contributed by atoms with van der Waals surface area (Å²) in [4.78, 5) is 4.17. The van der Waals surface area contributed by atoms with Gasteiger partial charge in [0, 0.05) is 17.9 Å². The van der Waals surface area contributed by atoms with Gasteiger partial charge in [0.1, 0.15) is 11.5 Å². The van der Waals surface area contributed by atoms with Crippen LogP contribution in [0.15, 0.2) is 28.8 Å². The Balaban J connectivity index is 1.49. The van der Waals surface area contributed by atoms with Crippen molar-refractivity contribution < 1.29 is 17.7 Å². The van der Waals surface area contributed by atoms with Crippen molar-refractivity contribution in [3.63, 3.8) is 0 Å². The maximum Gasteiger partial charge on any atom is 0.229 e. The van der Waals surface area contributed by atoms with Crippen LogP contribution in [0.1, 0.15) is 48.5 Å². The number of sulfonamides is 1. The van der Waals surface area contributed by atoms with Gasteiger partial charge in [0.2, 0.25) is 15.9 Å². The molecule has 1 aliphatic carbocycles. The standard InChI is InChI=1S/C15H17N3O4S/c19-23(20,9-14-16-15(22-17-14)10-5-6-10)18-12-7-8-21-13-4-2-1-3-11(12)13/h1-4,10,12,18H,5-9H2. The number of hydrogen-bond acceptors (Lipinski definition) is 6. The lowest BCUT2D eigenvalue weighted by molar-refractivity contribution is 0.263. The number of fused-ring (bicyclic) bond motifs is 1. The van der Waals surface area contributed by atoms with E-state index < -0.39 is 10.0 Å². The molecule has 1 aliphatic heterocycles. The molecule has 1 unspecified atom stereocenters.